The smallest absolute Gasteiger partial charge is 0.264 e. The molecule has 7 rings (SSSR count). The maximum atomic E-state index is 13.2. The quantitative estimate of drug-likeness (QED) is 0.441. The Labute approximate surface area is 240 Å². The van der Waals surface area contributed by atoms with Crippen molar-refractivity contribution in [2.24, 2.45) is 17.8 Å². The van der Waals surface area contributed by atoms with Gasteiger partial charge in [0.1, 0.15) is 5.75 Å². The third-order valence-electron chi connectivity index (χ3n) is 9.93. The molecule has 2 saturated carbocycles. The maximum Gasteiger partial charge on any atom is 0.264 e. The highest BCUT2D eigenvalue weighted by Gasteiger charge is 2.48. The molecule has 5 aliphatic rings. The molecule has 2 aromatic rings. The molecule has 2 bridgehead atoms. The van der Waals surface area contributed by atoms with Gasteiger partial charge in [-0.05, 0) is 104 Å². The van der Waals surface area contributed by atoms with E-state index >= 15 is 0 Å². The standard InChI is InChI=1S/C31H35ClN2O5S/c32-23-8-10-25-19(13-23)4-2-12-31(25)17-34-16-22-6-9-24(22)27(35)5-1-3-20-15-29(20)40(37,38)33-30(36)21-7-11-28(39-18-31)26(34)14-21/h1,5,7-8,10-11,13-14,20,22,24,27,29,35H,2-4,6,9,12,15-18H2,(H,33,36)/b5-1-/t20-,22+,24-,27+,29-,31+/m1/s1. The Kier molecular flexibility index (Phi) is 6.44. The van der Waals surface area contributed by atoms with Crippen molar-refractivity contribution in [3.63, 3.8) is 0 Å². The van der Waals surface area contributed by atoms with Gasteiger partial charge in [-0.25, -0.2) is 13.1 Å². The first kappa shape index (κ1) is 26.4. The van der Waals surface area contributed by atoms with E-state index in [4.69, 9.17) is 16.3 Å². The van der Waals surface area contributed by atoms with E-state index in [1.54, 1.807) is 18.2 Å². The third-order valence-corrected chi connectivity index (χ3v) is 12.0. The molecule has 2 aliphatic heterocycles. The number of hydrogen-bond acceptors (Lipinski definition) is 6. The minimum Gasteiger partial charge on any atom is -0.490 e. The molecule has 3 aliphatic carbocycles. The first-order chi connectivity index (χ1) is 19.2. The summed E-state index contributed by atoms with van der Waals surface area (Å²) in [5.74, 6) is 0.506. The highest BCUT2D eigenvalue weighted by Crippen LogP contribution is 2.47. The SMILES string of the molecule is O=C1NS(=O)(=O)[C@@H]2C[C@H]2C/C=C\[C@H](O)[C@@H]2CC[C@H]2CN2C[C@@]3(CCCc4cc(Cl)ccc43)COc3ccc1cc32. The summed E-state index contributed by atoms with van der Waals surface area (Å²) in [6.45, 7) is 1.94. The lowest BCUT2D eigenvalue weighted by molar-refractivity contribution is 0.0456. The van der Waals surface area contributed by atoms with E-state index in [9.17, 15) is 18.3 Å². The van der Waals surface area contributed by atoms with E-state index < -0.39 is 27.3 Å². The van der Waals surface area contributed by atoms with Gasteiger partial charge in [0, 0.05) is 29.1 Å². The summed E-state index contributed by atoms with van der Waals surface area (Å²) in [6.07, 6.45) is 9.31. The molecule has 0 saturated heterocycles. The fourth-order valence-electron chi connectivity index (χ4n) is 7.46. The molecule has 1 amide bonds. The van der Waals surface area contributed by atoms with Crippen LogP contribution in [-0.2, 0) is 21.9 Å². The molecule has 7 nitrogen and oxygen atoms in total. The van der Waals surface area contributed by atoms with Crippen LogP contribution in [0.4, 0.5) is 5.69 Å². The number of fused-ring (bicyclic) bond motifs is 5. The summed E-state index contributed by atoms with van der Waals surface area (Å²) in [5, 5.41) is 11.2. The number of nitrogens with one attached hydrogen (secondary N) is 1. The normalized spacial score (nSPS) is 35.1. The monoisotopic (exact) mass is 582 g/mol. The first-order valence-electron chi connectivity index (χ1n) is 14.4. The Balaban J connectivity index is 1.29. The Morgan fingerprint density at radius 3 is 2.83 bits per heavy atom. The molecule has 40 heavy (non-hydrogen) atoms. The van der Waals surface area contributed by atoms with Crippen LogP contribution >= 0.6 is 11.6 Å². The molecule has 2 aromatic carbocycles. The number of rotatable bonds is 0. The molecule has 9 heteroatoms. The first-order valence-corrected chi connectivity index (χ1v) is 16.4. The number of sulfonamides is 1. The van der Waals surface area contributed by atoms with E-state index in [0.29, 0.717) is 43.2 Å². The average molecular weight is 583 g/mol. The Morgan fingerprint density at radius 1 is 1.12 bits per heavy atom. The summed E-state index contributed by atoms with van der Waals surface area (Å²) in [5.41, 5.74) is 3.38. The second-order valence-electron chi connectivity index (χ2n) is 12.5. The molecule has 6 atom stereocenters. The number of benzene rings is 2. The second kappa shape index (κ2) is 9.78. The minimum absolute atomic E-state index is 0.0285. The number of amides is 1. The lowest BCUT2D eigenvalue weighted by Crippen LogP contribution is -2.49. The number of carbonyl (C=O) groups is 1. The lowest BCUT2D eigenvalue weighted by atomic mass is 9.68. The lowest BCUT2D eigenvalue weighted by Gasteiger charge is -2.45. The van der Waals surface area contributed by atoms with E-state index in [1.807, 2.05) is 18.2 Å². The Hall–Kier alpha value is -2.55. The van der Waals surface area contributed by atoms with E-state index in [-0.39, 0.29) is 17.3 Å². The zero-order chi connectivity index (χ0) is 27.6. The van der Waals surface area contributed by atoms with Gasteiger partial charge >= 0.3 is 0 Å². The summed E-state index contributed by atoms with van der Waals surface area (Å²) >= 11 is 6.37. The second-order valence-corrected chi connectivity index (χ2v) is 14.8. The number of nitrogens with zero attached hydrogens (tertiary/aromatic N) is 1. The van der Waals surface area contributed by atoms with Crippen molar-refractivity contribution in [3.05, 3.63) is 70.3 Å². The van der Waals surface area contributed by atoms with Crippen molar-refractivity contribution >= 4 is 33.2 Å². The zero-order valence-electron chi connectivity index (χ0n) is 22.4. The molecular formula is C31H35ClN2O5S. The molecule has 0 unspecified atom stereocenters. The van der Waals surface area contributed by atoms with Crippen LogP contribution in [0.2, 0.25) is 5.02 Å². The van der Waals surface area contributed by atoms with Gasteiger partial charge in [0.05, 0.1) is 23.6 Å². The Morgan fingerprint density at radius 2 is 2.00 bits per heavy atom. The van der Waals surface area contributed by atoms with Gasteiger partial charge in [0.25, 0.3) is 5.91 Å². The average Bonchev–Trinajstić information content (AvgIpc) is 3.70. The van der Waals surface area contributed by atoms with Crippen molar-refractivity contribution in [1.29, 1.82) is 0 Å². The number of allylic oxidation sites excluding steroid dienone is 1. The van der Waals surface area contributed by atoms with Gasteiger partial charge in [-0.1, -0.05) is 29.8 Å². The molecule has 1 spiro atoms. The number of aliphatic hydroxyl groups is 1. The van der Waals surface area contributed by atoms with Gasteiger partial charge in [-0.15, -0.1) is 0 Å². The Bertz CT molecular complexity index is 1490. The maximum absolute atomic E-state index is 13.2. The van der Waals surface area contributed by atoms with Gasteiger partial charge in [0.15, 0.2) is 0 Å². The van der Waals surface area contributed by atoms with Crippen LogP contribution in [0.3, 0.4) is 0 Å². The summed E-state index contributed by atoms with van der Waals surface area (Å²) in [4.78, 5) is 15.5. The number of halogens is 1. The van der Waals surface area contributed by atoms with Crippen LogP contribution < -0.4 is 14.4 Å². The van der Waals surface area contributed by atoms with E-state index in [2.05, 4.69) is 21.8 Å². The topological polar surface area (TPSA) is 95.9 Å². The number of carbonyl (C=O) groups excluding carboxylic acids is 1. The number of anilines is 1. The van der Waals surface area contributed by atoms with Crippen LogP contribution in [0.15, 0.2) is 48.6 Å². The van der Waals surface area contributed by atoms with Crippen molar-refractivity contribution < 1.29 is 23.1 Å². The van der Waals surface area contributed by atoms with E-state index in [0.717, 1.165) is 49.4 Å². The number of aryl methyl sites for hydroxylation is 1. The molecule has 2 heterocycles. The number of aliphatic hydroxyl groups excluding tert-OH is 1. The molecular weight excluding hydrogens is 548 g/mol. The zero-order valence-corrected chi connectivity index (χ0v) is 24.0. The fourth-order valence-corrected chi connectivity index (χ4v) is 9.30. The third kappa shape index (κ3) is 4.62. The predicted octanol–water partition coefficient (Wildman–Crippen LogP) is 4.61. The van der Waals surface area contributed by atoms with Gasteiger partial charge < -0.3 is 14.7 Å². The van der Waals surface area contributed by atoms with Crippen LogP contribution in [0.5, 0.6) is 5.75 Å². The largest absolute Gasteiger partial charge is 0.490 e. The van der Waals surface area contributed by atoms with Crippen LogP contribution in [0.25, 0.3) is 0 Å². The van der Waals surface area contributed by atoms with Crippen molar-refractivity contribution in [1.82, 2.24) is 4.72 Å². The number of ether oxygens (including phenoxy) is 1. The van der Waals surface area contributed by atoms with Crippen LogP contribution in [0, 0.1) is 17.8 Å². The molecule has 2 fully saturated rings. The van der Waals surface area contributed by atoms with Crippen molar-refractivity contribution in [3.8, 4) is 5.75 Å². The van der Waals surface area contributed by atoms with Crippen LogP contribution in [-0.4, -0.2) is 50.5 Å². The van der Waals surface area contributed by atoms with E-state index in [1.165, 1.54) is 11.1 Å². The van der Waals surface area contributed by atoms with Gasteiger partial charge in [-0.2, -0.15) is 0 Å². The summed E-state index contributed by atoms with van der Waals surface area (Å²) in [7, 11) is -3.79. The van der Waals surface area contributed by atoms with Crippen molar-refractivity contribution in [2.75, 3.05) is 24.6 Å². The summed E-state index contributed by atoms with van der Waals surface area (Å²) in [6, 6.07) is 11.4. The van der Waals surface area contributed by atoms with Gasteiger partial charge in [0.2, 0.25) is 10.0 Å². The number of hydrogen-bond donors (Lipinski definition) is 2. The predicted molar refractivity (Wildman–Crippen MR) is 154 cm³/mol. The fraction of sp³-hybridized carbons (Fsp3) is 0.516. The minimum atomic E-state index is -3.79. The summed E-state index contributed by atoms with van der Waals surface area (Å²) < 4.78 is 34.7. The molecule has 0 radical (unpaired) electrons. The highest BCUT2D eigenvalue weighted by molar-refractivity contribution is 7.91. The van der Waals surface area contributed by atoms with Crippen LogP contribution in [0.1, 0.15) is 60.0 Å². The highest BCUT2D eigenvalue weighted by atomic mass is 35.5. The molecule has 0 aromatic heterocycles. The van der Waals surface area contributed by atoms with Crippen molar-refractivity contribution in [2.45, 2.75) is 61.7 Å². The molecule has 2 N–H and O–H groups in total. The van der Waals surface area contributed by atoms with Gasteiger partial charge in [-0.3, -0.25) is 4.79 Å². The molecule has 212 valence electrons.